The Morgan fingerprint density at radius 3 is 2.80 bits per heavy atom. The van der Waals surface area contributed by atoms with Crippen LogP contribution in [0.1, 0.15) is 0 Å². The Morgan fingerprint density at radius 1 is 1.60 bits per heavy atom. The molecule has 1 aromatic heterocycles. The minimum atomic E-state index is -0.396. The van der Waals surface area contributed by atoms with Gasteiger partial charge in [-0.15, -0.1) is 0 Å². The smallest absolute Gasteiger partial charge is 0.165 e. The number of rotatable bonds is 1. The first-order chi connectivity index (χ1) is 4.74. The second-order valence-corrected chi connectivity index (χ2v) is 2.10. The van der Waals surface area contributed by atoms with Crippen molar-refractivity contribution >= 4 is 17.4 Å². The van der Waals surface area contributed by atoms with Gasteiger partial charge in [0.2, 0.25) is 0 Å². The number of aromatic nitrogens is 1. The number of pyridine rings is 1. The molecule has 2 nitrogen and oxygen atoms in total. The van der Waals surface area contributed by atoms with E-state index in [9.17, 15) is 4.39 Å². The van der Waals surface area contributed by atoms with Crippen molar-refractivity contribution in [3.05, 3.63) is 23.1 Å². The van der Waals surface area contributed by atoms with Gasteiger partial charge in [-0.05, 0) is 12.1 Å². The Kier molecular flexibility index (Phi) is 2.06. The Hall–Kier alpha value is -0.830. The van der Waals surface area contributed by atoms with E-state index in [0.29, 0.717) is 0 Å². The molecule has 0 saturated carbocycles. The van der Waals surface area contributed by atoms with Crippen molar-refractivity contribution in [1.29, 1.82) is 0 Å². The maximum Gasteiger partial charge on any atom is 0.165 e. The molecule has 0 unspecified atom stereocenters. The SMILES string of the molecule is CNc1nc(Cl)ccc1F. The quantitative estimate of drug-likeness (QED) is 0.635. The van der Waals surface area contributed by atoms with Gasteiger partial charge in [0.1, 0.15) is 5.15 Å². The van der Waals surface area contributed by atoms with Gasteiger partial charge < -0.3 is 5.32 Å². The minimum Gasteiger partial charge on any atom is -0.371 e. The molecule has 0 bridgehead atoms. The van der Waals surface area contributed by atoms with Crippen LogP contribution in [0.25, 0.3) is 0 Å². The first-order valence-corrected chi connectivity index (χ1v) is 3.11. The van der Waals surface area contributed by atoms with Gasteiger partial charge in [-0.3, -0.25) is 0 Å². The molecule has 1 rings (SSSR count). The summed E-state index contributed by atoms with van der Waals surface area (Å²) in [5, 5.41) is 2.85. The molecule has 0 atom stereocenters. The van der Waals surface area contributed by atoms with E-state index in [2.05, 4.69) is 10.3 Å². The predicted molar refractivity (Wildman–Crippen MR) is 38.8 cm³/mol. The lowest BCUT2D eigenvalue weighted by atomic mass is 10.4. The van der Waals surface area contributed by atoms with E-state index in [1.165, 1.54) is 12.1 Å². The fraction of sp³-hybridized carbons (Fsp3) is 0.167. The molecule has 0 spiro atoms. The van der Waals surface area contributed by atoms with Gasteiger partial charge in [-0.2, -0.15) is 0 Å². The Balaban J connectivity index is 3.09. The largest absolute Gasteiger partial charge is 0.371 e. The average Bonchev–Trinajstić information content (AvgIpc) is 1.94. The van der Waals surface area contributed by atoms with Crippen LogP contribution in [0, 0.1) is 5.82 Å². The molecule has 10 heavy (non-hydrogen) atoms. The molecule has 0 aromatic carbocycles. The number of nitrogens with zero attached hydrogens (tertiary/aromatic N) is 1. The summed E-state index contributed by atoms with van der Waals surface area (Å²) in [4.78, 5) is 3.67. The van der Waals surface area contributed by atoms with Gasteiger partial charge in [0.05, 0.1) is 0 Å². The van der Waals surface area contributed by atoms with Crippen molar-refractivity contribution in [2.24, 2.45) is 0 Å². The highest BCUT2D eigenvalue weighted by molar-refractivity contribution is 6.29. The number of hydrogen-bond donors (Lipinski definition) is 1. The van der Waals surface area contributed by atoms with Crippen molar-refractivity contribution in [2.75, 3.05) is 12.4 Å². The van der Waals surface area contributed by atoms with Crippen LogP contribution in [0.2, 0.25) is 5.15 Å². The third-order valence-corrected chi connectivity index (χ3v) is 1.26. The van der Waals surface area contributed by atoms with Crippen LogP contribution >= 0.6 is 11.6 Å². The zero-order chi connectivity index (χ0) is 7.56. The van der Waals surface area contributed by atoms with E-state index in [-0.39, 0.29) is 11.0 Å². The molecular weight excluding hydrogens is 155 g/mol. The van der Waals surface area contributed by atoms with Crippen molar-refractivity contribution in [1.82, 2.24) is 4.98 Å². The second kappa shape index (κ2) is 2.84. The molecule has 1 N–H and O–H groups in total. The molecule has 1 aromatic rings. The maximum absolute atomic E-state index is 12.6. The van der Waals surface area contributed by atoms with Crippen LogP contribution < -0.4 is 5.32 Å². The van der Waals surface area contributed by atoms with Crippen LogP contribution in [0.5, 0.6) is 0 Å². The number of hydrogen-bond acceptors (Lipinski definition) is 2. The van der Waals surface area contributed by atoms with Crippen molar-refractivity contribution in [3.8, 4) is 0 Å². The van der Waals surface area contributed by atoms with E-state index in [1.807, 2.05) is 0 Å². The molecule has 0 amide bonds. The normalized spacial score (nSPS) is 9.50. The molecule has 4 heteroatoms. The lowest BCUT2D eigenvalue weighted by Crippen LogP contribution is -1.95. The molecule has 54 valence electrons. The summed E-state index contributed by atoms with van der Waals surface area (Å²) in [6, 6.07) is 2.67. The van der Waals surface area contributed by atoms with Crippen LogP contribution in [-0.4, -0.2) is 12.0 Å². The van der Waals surface area contributed by atoms with E-state index >= 15 is 0 Å². The molecule has 0 aliphatic carbocycles. The van der Waals surface area contributed by atoms with Crippen LogP contribution in [0.3, 0.4) is 0 Å². The second-order valence-electron chi connectivity index (χ2n) is 1.71. The third-order valence-electron chi connectivity index (χ3n) is 1.05. The van der Waals surface area contributed by atoms with Gasteiger partial charge in [-0.1, -0.05) is 11.6 Å². The van der Waals surface area contributed by atoms with E-state index in [1.54, 1.807) is 7.05 Å². The molecule has 0 saturated heterocycles. The van der Waals surface area contributed by atoms with Gasteiger partial charge in [-0.25, -0.2) is 9.37 Å². The molecular formula is C6H6ClFN2. The van der Waals surface area contributed by atoms with Crippen molar-refractivity contribution in [3.63, 3.8) is 0 Å². The number of nitrogens with one attached hydrogen (secondary N) is 1. The van der Waals surface area contributed by atoms with Crippen molar-refractivity contribution in [2.45, 2.75) is 0 Å². The minimum absolute atomic E-state index is 0.174. The first-order valence-electron chi connectivity index (χ1n) is 2.74. The predicted octanol–water partition coefficient (Wildman–Crippen LogP) is 1.92. The van der Waals surface area contributed by atoms with Crippen LogP contribution in [0.4, 0.5) is 10.2 Å². The summed E-state index contributed by atoms with van der Waals surface area (Å²) in [6.07, 6.45) is 0. The molecule has 0 aliphatic heterocycles. The fourth-order valence-electron chi connectivity index (χ4n) is 0.594. The fourth-order valence-corrected chi connectivity index (χ4v) is 0.741. The number of anilines is 1. The van der Waals surface area contributed by atoms with E-state index in [4.69, 9.17) is 11.6 Å². The molecule has 0 fully saturated rings. The Morgan fingerprint density at radius 2 is 2.30 bits per heavy atom. The molecule has 1 heterocycles. The van der Waals surface area contributed by atoms with E-state index in [0.717, 1.165) is 0 Å². The van der Waals surface area contributed by atoms with Gasteiger partial charge in [0.25, 0.3) is 0 Å². The highest BCUT2D eigenvalue weighted by Gasteiger charge is 1.99. The highest BCUT2D eigenvalue weighted by Crippen LogP contribution is 2.13. The lowest BCUT2D eigenvalue weighted by Gasteiger charge is -1.99. The zero-order valence-electron chi connectivity index (χ0n) is 5.36. The highest BCUT2D eigenvalue weighted by atomic mass is 35.5. The summed E-state index contributed by atoms with van der Waals surface area (Å²) >= 11 is 5.48. The van der Waals surface area contributed by atoms with Gasteiger partial charge in [0, 0.05) is 7.05 Å². The summed E-state index contributed by atoms with van der Waals surface area (Å²) in [6.45, 7) is 0. The van der Waals surface area contributed by atoms with Gasteiger partial charge in [0.15, 0.2) is 11.6 Å². The Labute approximate surface area is 63.0 Å². The van der Waals surface area contributed by atoms with E-state index < -0.39 is 5.82 Å². The Bertz CT molecular complexity index is 239. The topological polar surface area (TPSA) is 24.9 Å². The zero-order valence-corrected chi connectivity index (χ0v) is 6.11. The maximum atomic E-state index is 12.6. The average molecular weight is 161 g/mol. The standard InChI is InChI=1S/C6H6ClFN2/c1-9-6-4(8)2-3-5(7)10-6/h2-3H,1H3,(H,9,10). The van der Waals surface area contributed by atoms with Crippen LogP contribution in [-0.2, 0) is 0 Å². The summed E-state index contributed by atoms with van der Waals surface area (Å²) in [5.41, 5.74) is 0. The number of halogens is 2. The summed E-state index contributed by atoms with van der Waals surface area (Å²) in [7, 11) is 1.59. The lowest BCUT2D eigenvalue weighted by molar-refractivity contribution is 0.626. The summed E-state index contributed by atoms with van der Waals surface area (Å²) in [5.74, 6) is -0.223. The molecule has 0 radical (unpaired) electrons. The van der Waals surface area contributed by atoms with Crippen LogP contribution in [0.15, 0.2) is 12.1 Å². The summed E-state index contributed by atoms with van der Waals surface area (Å²) < 4.78 is 12.6. The van der Waals surface area contributed by atoms with Crippen molar-refractivity contribution < 1.29 is 4.39 Å². The van der Waals surface area contributed by atoms with Gasteiger partial charge >= 0.3 is 0 Å². The monoisotopic (exact) mass is 160 g/mol. The third kappa shape index (κ3) is 1.36. The first kappa shape index (κ1) is 7.28. The molecule has 0 aliphatic rings.